The predicted octanol–water partition coefficient (Wildman–Crippen LogP) is 2.70. The average molecular weight is 354 g/mol. The van der Waals surface area contributed by atoms with Crippen LogP contribution in [0.25, 0.3) is 0 Å². The summed E-state index contributed by atoms with van der Waals surface area (Å²) in [5.41, 5.74) is 1.85. The Labute approximate surface area is 153 Å². The molecule has 2 aromatic rings. The molecule has 0 bridgehead atoms. The minimum absolute atomic E-state index is 0.0482. The summed E-state index contributed by atoms with van der Waals surface area (Å²) in [7, 11) is 0. The number of likely N-dealkylation sites (tertiary alicyclic amines) is 1. The first-order chi connectivity index (χ1) is 12.6. The van der Waals surface area contributed by atoms with Gasteiger partial charge in [0.1, 0.15) is 5.82 Å². The molecule has 2 aliphatic rings. The lowest BCUT2D eigenvalue weighted by Gasteiger charge is -2.34. The van der Waals surface area contributed by atoms with Crippen LogP contribution in [0.3, 0.4) is 0 Å². The molecule has 0 aromatic heterocycles. The van der Waals surface area contributed by atoms with Crippen LogP contribution < -0.4 is 5.32 Å². The molecular formula is C21H23FN2O2. The molecular weight excluding hydrogens is 331 g/mol. The zero-order chi connectivity index (χ0) is 18.0. The zero-order valence-corrected chi connectivity index (χ0v) is 14.7. The first-order valence-corrected chi connectivity index (χ1v) is 9.05. The largest absolute Gasteiger partial charge is 0.378 e. The predicted molar refractivity (Wildman–Crippen MR) is 97.2 cm³/mol. The number of ether oxygens (including phenoxy) is 1. The van der Waals surface area contributed by atoms with Crippen molar-refractivity contribution >= 4 is 5.91 Å². The highest BCUT2D eigenvalue weighted by Crippen LogP contribution is 2.38. The molecule has 2 heterocycles. The van der Waals surface area contributed by atoms with Crippen LogP contribution >= 0.6 is 0 Å². The van der Waals surface area contributed by atoms with E-state index in [4.69, 9.17) is 4.74 Å². The number of rotatable bonds is 3. The van der Waals surface area contributed by atoms with Crippen molar-refractivity contribution in [3.05, 3.63) is 71.5 Å². The molecule has 2 aromatic carbocycles. The van der Waals surface area contributed by atoms with E-state index in [1.165, 1.54) is 17.7 Å². The third-order valence-electron chi connectivity index (χ3n) is 5.36. The third kappa shape index (κ3) is 3.50. The SMILES string of the molecule is O=C1CCOC[C@]2(CN(Cc3ccc(F)cc3)C[C@H]2c2ccccc2)N1. The molecule has 5 heteroatoms. The van der Waals surface area contributed by atoms with Crippen molar-refractivity contribution < 1.29 is 13.9 Å². The van der Waals surface area contributed by atoms with E-state index in [0.29, 0.717) is 19.6 Å². The number of amides is 1. The number of nitrogens with zero attached hydrogens (tertiary/aromatic N) is 1. The zero-order valence-electron chi connectivity index (χ0n) is 14.7. The molecule has 4 nitrogen and oxygen atoms in total. The van der Waals surface area contributed by atoms with Crippen molar-refractivity contribution in [2.45, 2.75) is 24.4 Å². The maximum atomic E-state index is 13.2. The molecule has 2 saturated heterocycles. The van der Waals surface area contributed by atoms with Crippen LogP contribution in [0.5, 0.6) is 0 Å². The summed E-state index contributed by atoms with van der Waals surface area (Å²) in [4.78, 5) is 14.6. The number of halogens is 1. The van der Waals surface area contributed by atoms with Gasteiger partial charge in [0.05, 0.1) is 18.8 Å². The van der Waals surface area contributed by atoms with Gasteiger partial charge in [-0.15, -0.1) is 0 Å². The highest BCUT2D eigenvalue weighted by molar-refractivity contribution is 5.77. The van der Waals surface area contributed by atoms with Crippen molar-refractivity contribution in [1.82, 2.24) is 10.2 Å². The monoisotopic (exact) mass is 354 g/mol. The fraction of sp³-hybridized carbons (Fsp3) is 0.381. The lowest BCUT2D eigenvalue weighted by Crippen LogP contribution is -2.55. The van der Waals surface area contributed by atoms with E-state index in [1.54, 1.807) is 0 Å². The first-order valence-electron chi connectivity index (χ1n) is 9.05. The average Bonchev–Trinajstić information content (AvgIpc) is 2.87. The number of carbonyl (C=O) groups excluding carboxylic acids is 1. The summed E-state index contributed by atoms with van der Waals surface area (Å²) in [6.07, 6.45) is 0.404. The Hall–Kier alpha value is -2.24. The van der Waals surface area contributed by atoms with Gasteiger partial charge in [-0.3, -0.25) is 9.69 Å². The van der Waals surface area contributed by atoms with E-state index in [0.717, 1.165) is 25.2 Å². The second-order valence-corrected chi connectivity index (χ2v) is 7.27. The van der Waals surface area contributed by atoms with Gasteiger partial charge >= 0.3 is 0 Å². The van der Waals surface area contributed by atoms with E-state index in [9.17, 15) is 9.18 Å². The Morgan fingerprint density at radius 3 is 2.69 bits per heavy atom. The fourth-order valence-corrected chi connectivity index (χ4v) is 4.15. The molecule has 136 valence electrons. The minimum Gasteiger partial charge on any atom is -0.378 e. The Bertz CT molecular complexity index is 765. The summed E-state index contributed by atoms with van der Waals surface area (Å²) >= 11 is 0. The van der Waals surface area contributed by atoms with Crippen molar-refractivity contribution in [2.75, 3.05) is 26.3 Å². The Morgan fingerprint density at radius 2 is 1.92 bits per heavy atom. The Balaban J connectivity index is 1.61. The van der Waals surface area contributed by atoms with Crippen LogP contribution in [-0.4, -0.2) is 42.6 Å². The summed E-state index contributed by atoms with van der Waals surface area (Å²) in [5, 5.41) is 3.26. The van der Waals surface area contributed by atoms with Crippen LogP contribution in [0, 0.1) is 5.82 Å². The van der Waals surface area contributed by atoms with E-state index in [2.05, 4.69) is 22.3 Å². The lowest BCUT2D eigenvalue weighted by molar-refractivity contribution is -0.122. The van der Waals surface area contributed by atoms with Crippen molar-refractivity contribution in [2.24, 2.45) is 0 Å². The quantitative estimate of drug-likeness (QED) is 0.922. The van der Waals surface area contributed by atoms with Crippen LogP contribution in [-0.2, 0) is 16.1 Å². The van der Waals surface area contributed by atoms with E-state index in [-0.39, 0.29) is 17.6 Å². The normalized spacial score (nSPS) is 26.7. The van der Waals surface area contributed by atoms with Crippen LogP contribution in [0.4, 0.5) is 4.39 Å². The highest BCUT2D eigenvalue weighted by atomic mass is 19.1. The van der Waals surface area contributed by atoms with Gasteiger partial charge in [0, 0.05) is 32.0 Å². The molecule has 1 spiro atoms. The number of hydrogen-bond donors (Lipinski definition) is 1. The number of hydrogen-bond acceptors (Lipinski definition) is 3. The van der Waals surface area contributed by atoms with Crippen LogP contribution in [0.15, 0.2) is 54.6 Å². The Kier molecular flexibility index (Phi) is 4.74. The Morgan fingerprint density at radius 1 is 1.15 bits per heavy atom. The number of nitrogens with one attached hydrogen (secondary N) is 1. The first kappa shape index (κ1) is 17.2. The molecule has 2 atom stereocenters. The molecule has 2 fully saturated rings. The van der Waals surface area contributed by atoms with E-state index in [1.807, 2.05) is 30.3 Å². The molecule has 4 rings (SSSR count). The molecule has 0 radical (unpaired) electrons. The standard InChI is InChI=1S/C21H23FN2O2/c22-18-8-6-16(7-9-18)12-24-13-19(17-4-2-1-3-5-17)21(14-24)15-26-11-10-20(25)23-21/h1-9,19H,10-15H2,(H,23,25)/t19-,21-/m0/s1. The maximum absolute atomic E-state index is 13.2. The molecule has 1 N–H and O–H groups in total. The molecule has 1 amide bonds. The van der Waals surface area contributed by atoms with E-state index >= 15 is 0 Å². The molecule has 0 aliphatic carbocycles. The van der Waals surface area contributed by atoms with Gasteiger partial charge in [-0.2, -0.15) is 0 Å². The van der Waals surface area contributed by atoms with Crippen molar-refractivity contribution in [3.63, 3.8) is 0 Å². The minimum atomic E-state index is -0.422. The maximum Gasteiger partial charge on any atom is 0.222 e. The molecule has 26 heavy (non-hydrogen) atoms. The summed E-state index contributed by atoms with van der Waals surface area (Å²) < 4.78 is 19.0. The molecule has 0 unspecified atom stereocenters. The van der Waals surface area contributed by atoms with E-state index < -0.39 is 5.54 Å². The summed E-state index contributed by atoms with van der Waals surface area (Å²) in [6.45, 7) is 3.24. The van der Waals surface area contributed by atoms with Crippen molar-refractivity contribution in [3.8, 4) is 0 Å². The smallest absolute Gasteiger partial charge is 0.222 e. The van der Waals surface area contributed by atoms with Gasteiger partial charge in [0.15, 0.2) is 0 Å². The van der Waals surface area contributed by atoms with Gasteiger partial charge < -0.3 is 10.1 Å². The van der Waals surface area contributed by atoms with Gasteiger partial charge in [-0.1, -0.05) is 42.5 Å². The second-order valence-electron chi connectivity index (χ2n) is 7.27. The third-order valence-corrected chi connectivity index (χ3v) is 5.36. The van der Waals surface area contributed by atoms with Crippen molar-refractivity contribution in [1.29, 1.82) is 0 Å². The van der Waals surface area contributed by atoms with Crippen LogP contribution in [0.1, 0.15) is 23.5 Å². The topological polar surface area (TPSA) is 41.6 Å². The van der Waals surface area contributed by atoms with Gasteiger partial charge in [-0.05, 0) is 23.3 Å². The lowest BCUT2D eigenvalue weighted by atomic mass is 9.82. The second kappa shape index (κ2) is 7.17. The molecule has 2 aliphatic heterocycles. The number of benzene rings is 2. The highest BCUT2D eigenvalue weighted by Gasteiger charge is 2.49. The number of carbonyl (C=O) groups is 1. The summed E-state index contributed by atoms with van der Waals surface area (Å²) in [6, 6.07) is 16.9. The van der Waals surface area contributed by atoms with Gasteiger partial charge in [0.2, 0.25) is 5.91 Å². The molecule has 0 saturated carbocycles. The van der Waals surface area contributed by atoms with Gasteiger partial charge in [0.25, 0.3) is 0 Å². The fourth-order valence-electron chi connectivity index (χ4n) is 4.15. The van der Waals surface area contributed by atoms with Crippen LogP contribution in [0.2, 0.25) is 0 Å². The summed E-state index contributed by atoms with van der Waals surface area (Å²) in [5.74, 6) is -0.0171. The van der Waals surface area contributed by atoms with Gasteiger partial charge in [-0.25, -0.2) is 4.39 Å².